The van der Waals surface area contributed by atoms with Crippen LogP contribution >= 0.6 is 39.5 Å². The zero-order chi connectivity index (χ0) is 20.8. The molecule has 0 saturated heterocycles. The monoisotopic (exact) mass is 500 g/mol. The van der Waals surface area contributed by atoms with Gasteiger partial charge in [-0.1, -0.05) is 40.2 Å². The highest BCUT2D eigenvalue weighted by Gasteiger charge is 2.08. The smallest absolute Gasteiger partial charge is 0.250 e. The van der Waals surface area contributed by atoms with Gasteiger partial charge in [0.1, 0.15) is 5.76 Å². The van der Waals surface area contributed by atoms with E-state index >= 15 is 0 Å². The van der Waals surface area contributed by atoms with Gasteiger partial charge >= 0.3 is 0 Å². The number of nitrogens with one attached hydrogen (secondary N) is 2. The highest BCUT2D eigenvalue weighted by atomic mass is 79.9. The summed E-state index contributed by atoms with van der Waals surface area (Å²) in [6, 6.07) is 19.5. The minimum absolute atomic E-state index is 0.156. The number of carbonyl (C=O) groups is 1. The number of para-hydroxylation sites is 2. The predicted molar refractivity (Wildman–Crippen MR) is 125 cm³/mol. The van der Waals surface area contributed by atoms with Gasteiger partial charge in [0, 0.05) is 10.2 Å². The minimum Gasteiger partial charge on any atom is -0.448 e. The molecule has 4 aromatic rings. The fraction of sp³-hybridized carbons (Fsp3) is 0.0952. The molecule has 2 aromatic carbocycles. The van der Waals surface area contributed by atoms with Crippen LogP contribution in [-0.4, -0.2) is 27.8 Å². The van der Waals surface area contributed by atoms with Gasteiger partial charge < -0.3 is 9.40 Å². The summed E-state index contributed by atoms with van der Waals surface area (Å²) in [4.78, 5) is 19.7. The standard InChI is InChI=1S/C21H17BrN4O2S2/c22-15-7-5-14(6-8-15)12-29-13-19(27)26-23-11-16-9-10-20(28-16)30-21-24-17-3-1-2-4-18(17)25-21/h1-11H,12-13H2,(H,24,25)(H,26,27). The lowest BCUT2D eigenvalue weighted by Gasteiger charge is -2.01. The maximum Gasteiger partial charge on any atom is 0.250 e. The number of hydrogen-bond donors (Lipinski definition) is 2. The van der Waals surface area contributed by atoms with E-state index in [2.05, 4.69) is 36.4 Å². The molecule has 0 radical (unpaired) electrons. The number of amides is 1. The summed E-state index contributed by atoms with van der Waals surface area (Å²) >= 11 is 6.34. The molecule has 4 rings (SSSR count). The molecule has 2 N–H and O–H groups in total. The molecule has 0 aliphatic rings. The van der Waals surface area contributed by atoms with Gasteiger partial charge in [-0.2, -0.15) is 5.10 Å². The van der Waals surface area contributed by atoms with Gasteiger partial charge in [-0.3, -0.25) is 4.79 Å². The van der Waals surface area contributed by atoms with Gasteiger partial charge in [-0.15, -0.1) is 11.8 Å². The number of hydrazone groups is 1. The fourth-order valence-corrected chi connectivity index (χ4v) is 4.39. The van der Waals surface area contributed by atoms with Crippen molar-refractivity contribution in [3.05, 3.63) is 76.5 Å². The van der Waals surface area contributed by atoms with Gasteiger partial charge in [0.2, 0.25) is 5.91 Å². The summed E-state index contributed by atoms with van der Waals surface area (Å²) in [7, 11) is 0. The number of fused-ring (bicyclic) bond motifs is 1. The summed E-state index contributed by atoms with van der Waals surface area (Å²) in [5.74, 6) is 1.50. The number of furan rings is 1. The highest BCUT2D eigenvalue weighted by Crippen LogP contribution is 2.28. The van der Waals surface area contributed by atoms with Crippen LogP contribution in [-0.2, 0) is 10.5 Å². The Balaban J connectivity index is 1.23. The molecule has 0 atom stereocenters. The minimum atomic E-state index is -0.156. The van der Waals surface area contributed by atoms with E-state index in [1.807, 2.05) is 54.6 Å². The molecule has 0 unspecified atom stereocenters. The molecule has 6 nitrogen and oxygen atoms in total. The lowest BCUT2D eigenvalue weighted by atomic mass is 10.2. The Kier molecular flexibility index (Phi) is 6.93. The fourth-order valence-electron chi connectivity index (χ4n) is 2.57. The molecule has 2 heterocycles. The van der Waals surface area contributed by atoms with Crippen molar-refractivity contribution in [3.8, 4) is 0 Å². The Bertz CT molecular complexity index is 1140. The molecule has 0 aliphatic heterocycles. The van der Waals surface area contributed by atoms with E-state index in [-0.39, 0.29) is 5.91 Å². The number of thioether (sulfide) groups is 1. The van der Waals surface area contributed by atoms with Gasteiger partial charge in [-0.05, 0) is 53.7 Å². The molecule has 9 heteroatoms. The van der Waals surface area contributed by atoms with Crippen molar-refractivity contribution in [2.24, 2.45) is 5.10 Å². The summed E-state index contributed by atoms with van der Waals surface area (Å²) in [6.45, 7) is 0. The molecule has 152 valence electrons. The van der Waals surface area contributed by atoms with E-state index in [1.165, 1.54) is 35.3 Å². The quantitative estimate of drug-likeness (QED) is 0.248. The number of aromatic nitrogens is 2. The average molecular weight is 501 g/mol. The number of aromatic amines is 1. The summed E-state index contributed by atoms with van der Waals surface area (Å²) in [5.41, 5.74) is 5.58. The van der Waals surface area contributed by atoms with E-state index in [1.54, 1.807) is 6.07 Å². The highest BCUT2D eigenvalue weighted by molar-refractivity contribution is 9.10. The van der Waals surface area contributed by atoms with Gasteiger partial charge in [-0.25, -0.2) is 10.4 Å². The van der Waals surface area contributed by atoms with Crippen LogP contribution in [0, 0.1) is 0 Å². The third kappa shape index (κ3) is 5.78. The van der Waals surface area contributed by atoms with Crippen molar-refractivity contribution < 1.29 is 9.21 Å². The van der Waals surface area contributed by atoms with Crippen molar-refractivity contribution >= 4 is 62.6 Å². The molecular formula is C21H17BrN4O2S2. The Hall–Kier alpha value is -2.49. The van der Waals surface area contributed by atoms with Crippen LogP contribution in [0.1, 0.15) is 11.3 Å². The number of rotatable bonds is 8. The van der Waals surface area contributed by atoms with Crippen LogP contribution in [0.3, 0.4) is 0 Å². The molecule has 2 aromatic heterocycles. The normalized spacial score (nSPS) is 11.4. The second-order valence-electron chi connectivity index (χ2n) is 6.23. The lowest BCUT2D eigenvalue weighted by molar-refractivity contribution is -0.118. The van der Waals surface area contributed by atoms with Crippen LogP contribution < -0.4 is 5.43 Å². The largest absolute Gasteiger partial charge is 0.448 e. The molecule has 0 aliphatic carbocycles. The SMILES string of the molecule is O=C(CSCc1ccc(Br)cc1)NN=Cc1ccc(Sc2nc3ccccc3[nH]2)o1. The average Bonchev–Trinajstić information content (AvgIpc) is 3.36. The van der Waals surface area contributed by atoms with Crippen LogP contribution in [0.25, 0.3) is 11.0 Å². The zero-order valence-corrected chi connectivity index (χ0v) is 18.9. The van der Waals surface area contributed by atoms with E-state index in [0.29, 0.717) is 16.6 Å². The van der Waals surface area contributed by atoms with Crippen molar-refractivity contribution in [1.29, 1.82) is 0 Å². The zero-order valence-electron chi connectivity index (χ0n) is 15.7. The van der Waals surface area contributed by atoms with Gasteiger partial charge in [0.15, 0.2) is 10.2 Å². The summed E-state index contributed by atoms with van der Waals surface area (Å²) in [6.07, 6.45) is 1.49. The van der Waals surface area contributed by atoms with E-state index in [4.69, 9.17) is 4.42 Å². The lowest BCUT2D eigenvalue weighted by Crippen LogP contribution is -2.19. The van der Waals surface area contributed by atoms with Crippen LogP contribution in [0.15, 0.2) is 84.9 Å². The number of carbonyl (C=O) groups excluding carboxylic acids is 1. The second-order valence-corrected chi connectivity index (χ2v) is 9.12. The Labute approximate surface area is 190 Å². The summed E-state index contributed by atoms with van der Waals surface area (Å²) < 4.78 is 6.75. The first-order valence-electron chi connectivity index (χ1n) is 9.02. The van der Waals surface area contributed by atoms with Crippen molar-refractivity contribution in [3.63, 3.8) is 0 Å². The Morgan fingerprint density at radius 3 is 2.83 bits per heavy atom. The molecule has 0 fully saturated rings. The van der Waals surface area contributed by atoms with Gasteiger partial charge in [0.05, 0.1) is 23.0 Å². The first-order valence-corrected chi connectivity index (χ1v) is 11.8. The van der Waals surface area contributed by atoms with E-state index < -0.39 is 0 Å². The van der Waals surface area contributed by atoms with Crippen LogP contribution in [0.5, 0.6) is 0 Å². The van der Waals surface area contributed by atoms with E-state index in [9.17, 15) is 4.79 Å². The molecule has 1 amide bonds. The molecule has 0 saturated carbocycles. The number of H-pyrrole nitrogens is 1. The molecule has 30 heavy (non-hydrogen) atoms. The third-order valence-corrected chi connectivity index (χ3v) is 6.30. The number of halogens is 1. The first-order chi connectivity index (χ1) is 14.7. The van der Waals surface area contributed by atoms with Crippen LogP contribution in [0.4, 0.5) is 0 Å². The molecule has 0 spiro atoms. The van der Waals surface area contributed by atoms with Crippen molar-refractivity contribution in [2.45, 2.75) is 16.0 Å². The first kappa shape index (κ1) is 20.8. The number of benzene rings is 2. The Morgan fingerprint density at radius 1 is 1.17 bits per heavy atom. The van der Waals surface area contributed by atoms with E-state index in [0.717, 1.165) is 26.4 Å². The molecular weight excluding hydrogens is 484 g/mol. The third-order valence-electron chi connectivity index (χ3n) is 3.96. The number of imidazole rings is 1. The number of hydrogen-bond acceptors (Lipinski definition) is 6. The van der Waals surface area contributed by atoms with Crippen molar-refractivity contribution in [1.82, 2.24) is 15.4 Å². The maximum atomic E-state index is 11.9. The van der Waals surface area contributed by atoms with Crippen LogP contribution in [0.2, 0.25) is 0 Å². The second kappa shape index (κ2) is 10.0. The molecule has 0 bridgehead atoms. The van der Waals surface area contributed by atoms with Gasteiger partial charge in [0.25, 0.3) is 0 Å². The topological polar surface area (TPSA) is 83.3 Å². The predicted octanol–water partition coefficient (Wildman–Crippen LogP) is 5.45. The van der Waals surface area contributed by atoms with Crippen molar-refractivity contribution in [2.75, 3.05) is 5.75 Å². The Morgan fingerprint density at radius 2 is 2.00 bits per heavy atom. The maximum absolute atomic E-state index is 11.9. The number of nitrogens with zero attached hydrogens (tertiary/aromatic N) is 2. The summed E-state index contributed by atoms with van der Waals surface area (Å²) in [5, 5.41) is 5.41.